The van der Waals surface area contributed by atoms with Gasteiger partial charge in [0.05, 0.1) is 0 Å². The van der Waals surface area contributed by atoms with Crippen LogP contribution in [-0.4, -0.2) is 17.2 Å². The van der Waals surface area contributed by atoms with E-state index in [9.17, 15) is 9.90 Å². The van der Waals surface area contributed by atoms with E-state index in [0.717, 1.165) is 25.7 Å². The van der Waals surface area contributed by atoms with Crippen molar-refractivity contribution in [2.45, 2.75) is 77.2 Å². The second kappa shape index (κ2) is 6.34. The number of aromatic hydroxyl groups is 1. The molecule has 1 aromatic rings. The van der Waals surface area contributed by atoms with E-state index in [1.165, 1.54) is 30.4 Å². The molecule has 0 aromatic heterocycles. The van der Waals surface area contributed by atoms with Gasteiger partial charge in [0.1, 0.15) is 11.9 Å². The molecule has 1 aromatic carbocycles. The minimum atomic E-state index is -0.0130. The van der Waals surface area contributed by atoms with E-state index < -0.39 is 0 Å². The predicted octanol–water partition coefficient (Wildman–Crippen LogP) is 4.96. The van der Waals surface area contributed by atoms with Gasteiger partial charge in [-0.3, -0.25) is 4.79 Å². The first-order valence-corrected chi connectivity index (χ1v) is 10.0. The number of carbonyl (C=O) groups is 1. The molecule has 2 fully saturated rings. The van der Waals surface area contributed by atoms with Crippen LogP contribution in [0.25, 0.3) is 0 Å². The third kappa shape index (κ3) is 2.76. The molecule has 1 unspecified atom stereocenters. The molecule has 2 saturated carbocycles. The predicted molar refractivity (Wildman–Crippen MR) is 97.5 cm³/mol. The summed E-state index contributed by atoms with van der Waals surface area (Å²) in [5.41, 5.74) is 2.95. The van der Waals surface area contributed by atoms with Crippen LogP contribution in [0.15, 0.2) is 18.2 Å². The van der Waals surface area contributed by atoms with Gasteiger partial charge < -0.3 is 9.84 Å². The lowest BCUT2D eigenvalue weighted by molar-refractivity contribution is -0.157. The first-order chi connectivity index (χ1) is 12.0. The van der Waals surface area contributed by atoms with Crippen LogP contribution in [0.5, 0.6) is 5.75 Å². The zero-order chi connectivity index (χ0) is 17.6. The molecule has 25 heavy (non-hydrogen) atoms. The molecule has 1 N–H and O–H groups in total. The zero-order valence-corrected chi connectivity index (χ0v) is 15.5. The van der Waals surface area contributed by atoms with Crippen molar-refractivity contribution in [3.8, 4) is 5.75 Å². The van der Waals surface area contributed by atoms with Crippen molar-refractivity contribution >= 4 is 5.97 Å². The monoisotopic (exact) mass is 342 g/mol. The summed E-state index contributed by atoms with van der Waals surface area (Å²) in [4.78, 5) is 12.0. The summed E-state index contributed by atoms with van der Waals surface area (Å²) in [6, 6.07) is 5.96. The quantitative estimate of drug-likeness (QED) is 0.790. The smallest absolute Gasteiger partial charge is 0.306 e. The standard InChI is InChI=1S/C22H30O3/c1-3-4-21(24)25-20-10-9-19-18-7-5-14-13-15(23)6-8-16(14)17(18)11-12-22(19,20)2/h6,8,13,17-20,23H,3-5,7,9-12H2,1-2H3/t17-,18-,19+,20?,22+/m1/s1. The lowest BCUT2D eigenvalue weighted by Crippen LogP contribution is -2.45. The number of carbonyl (C=O) groups excluding carboxylic acids is 1. The molecule has 0 heterocycles. The maximum Gasteiger partial charge on any atom is 0.306 e. The number of esters is 1. The van der Waals surface area contributed by atoms with E-state index in [-0.39, 0.29) is 17.5 Å². The van der Waals surface area contributed by atoms with Crippen LogP contribution in [0.4, 0.5) is 0 Å². The molecule has 0 bridgehead atoms. The molecule has 3 aliphatic carbocycles. The Kier molecular flexibility index (Phi) is 4.29. The Morgan fingerprint density at radius 2 is 2.12 bits per heavy atom. The summed E-state index contributed by atoms with van der Waals surface area (Å²) in [6.07, 6.45) is 8.33. The molecule has 0 saturated heterocycles. The highest BCUT2D eigenvalue weighted by molar-refractivity contribution is 5.69. The molecule has 4 rings (SSSR count). The van der Waals surface area contributed by atoms with Crippen molar-refractivity contribution < 1.29 is 14.6 Å². The van der Waals surface area contributed by atoms with Crippen molar-refractivity contribution in [2.24, 2.45) is 17.3 Å². The zero-order valence-electron chi connectivity index (χ0n) is 15.5. The number of ether oxygens (including phenoxy) is 1. The van der Waals surface area contributed by atoms with Gasteiger partial charge in [0.15, 0.2) is 0 Å². The van der Waals surface area contributed by atoms with Gasteiger partial charge >= 0.3 is 5.97 Å². The van der Waals surface area contributed by atoms with Crippen molar-refractivity contribution in [2.75, 3.05) is 0 Å². The Labute approximate surface area is 150 Å². The van der Waals surface area contributed by atoms with Crippen molar-refractivity contribution in [1.29, 1.82) is 0 Å². The number of rotatable bonds is 3. The molecule has 136 valence electrons. The average molecular weight is 342 g/mol. The van der Waals surface area contributed by atoms with E-state index in [2.05, 4.69) is 13.0 Å². The highest BCUT2D eigenvalue weighted by Gasteiger charge is 2.56. The van der Waals surface area contributed by atoms with Crippen LogP contribution in [0.3, 0.4) is 0 Å². The van der Waals surface area contributed by atoms with Crippen LogP contribution >= 0.6 is 0 Å². The molecule has 3 aliphatic rings. The van der Waals surface area contributed by atoms with E-state index in [0.29, 0.717) is 29.9 Å². The summed E-state index contributed by atoms with van der Waals surface area (Å²) in [5, 5.41) is 9.79. The van der Waals surface area contributed by atoms with Gasteiger partial charge in [-0.15, -0.1) is 0 Å². The summed E-state index contributed by atoms with van der Waals surface area (Å²) >= 11 is 0. The van der Waals surface area contributed by atoms with Crippen LogP contribution < -0.4 is 0 Å². The van der Waals surface area contributed by atoms with E-state index in [1.807, 2.05) is 19.1 Å². The largest absolute Gasteiger partial charge is 0.508 e. The molecule has 0 radical (unpaired) electrons. The van der Waals surface area contributed by atoms with Gasteiger partial charge in [-0.05, 0) is 86.0 Å². The molecule has 3 heteroatoms. The van der Waals surface area contributed by atoms with Crippen LogP contribution in [0.1, 0.15) is 75.8 Å². The Balaban J connectivity index is 1.56. The van der Waals surface area contributed by atoms with Gasteiger partial charge in [-0.1, -0.05) is 19.9 Å². The molecule has 0 aliphatic heterocycles. The van der Waals surface area contributed by atoms with Gasteiger partial charge in [0, 0.05) is 11.8 Å². The molecule has 3 nitrogen and oxygen atoms in total. The van der Waals surface area contributed by atoms with Crippen molar-refractivity contribution in [3.63, 3.8) is 0 Å². The number of aryl methyl sites for hydroxylation is 1. The Morgan fingerprint density at radius 1 is 1.28 bits per heavy atom. The fraction of sp³-hybridized carbons (Fsp3) is 0.682. The summed E-state index contributed by atoms with van der Waals surface area (Å²) < 4.78 is 5.92. The summed E-state index contributed by atoms with van der Waals surface area (Å²) in [6.45, 7) is 4.40. The van der Waals surface area contributed by atoms with Gasteiger partial charge in [0.2, 0.25) is 0 Å². The van der Waals surface area contributed by atoms with Crippen molar-refractivity contribution in [1.82, 2.24) is 0 Å². The van der Waals surface area contributed by atoms with E-state index in [4.69, 9.17) is 4.74 Å². The minimum absolute atomic E-state index is 0.0130. The average Bonchev–Trinajstić information content (AvgIpc) is 2.91. The number of phenols is 1. The van der Waals surface area contributed by atoms with Crippen LogP contribution in [0.2, 0.25) is 0 Å². The topological polar surface area (TPSA) is 46.5 Å². The lowest BCUT2D eigenvalue weighted by Gasteiger charge is -2.50. The number of fused-ring (bicyclic) bond motifs is 5. The first kappa shape index (κ1) is 16.9. The van der Waals surface area contributed by atoms with Crippen molar-refractivity contribution in [3.05, 3.63) is 29.3 Å². The minimum Gasteiger partial charge on any atom is -0.508 e. The number of hydrogen-bond acceptors (Lipinski definition) is 3. The fourth-order valence-corrected chi connectivity index (χ4v) is 6.14. The van der Waals surface area contributed by atoms with Crippen LogP contribution in [0, 0.1) is 17.3 Å². The molecular weight excluding hydrogens is 312 g/mol. The third-order valence-electron chi connectivity index (χ3n) is 7.35. The SMILES string of the molecule is CCCC(=O)OC1CC[C@H]2[C@@H]3CCc4cc(O)ccc4[C@H]3CC[C@]12C. The highest BCUT2D eigenvalue weighted by Crippen LogP contribution is 2.61. The maximum absolute atomic E-state index is 12.0. The molecule has 5 atom stereocenters. The second-order valence-electron chi connectivity index (χ2n) is 8.65. The molecule has 0 amide bonds. The summed E-state index contributed by atoms with van der Waals surface area (Å²) in [7, 11) is 0. The summed E-state index contributed by atoms with van der Waals surface area (Å²) in [5.74, 6) is 2.35. The van der Waals surface area contributed by atoms with E-state index in [1.54, 1.807) is 0 Å². The fourth-order valence-electron chi connectivity index (χ4n) is 6.14. The Morgan fingerprint density at radius 3 is 2.92 bits per heavy atom. The third-order valence-corrected chi connectivity index (χ3v) is 7.35. The van der Waals surface area contributed by atoms with E-state index >= 15 is 0 Å². The normalized spacial score (nSPS) is 36.2. The number of benzene rings is 1. The van der Waals surface area contributed by atoms with Gasteiger partial charge in [-0.25, -0.2) is 0 Å². The lowest BCUT2D eigenvalue weighted by atomic mass is 9.55. The Hall–Kier alpha value is -1.51. The van der Waals surface area contributed by atoms with Crippen LogP contribution in [-0.2, 0) is 16.0 Å². The van der Waals surface area contributed by atoms with Gasteiger partial charge in [-0.2, -0.15) is 0 Å². The molecule has 0 spiro atoms. The van der Waals surface area contributed by atoms with Gasteiger partial charge in [0.25, 0.3) is 0 Å². The number of hydrogen-bond donors (Lipinski definition) is 1. The molecular formula is C22H30O3. The number of phenolic OH excluding ortho intramolecular Hbond substituents is 1. The first-order valence-electron chi connectivity index (χ1n) is 10.0. The highest BCUT2D eigenvalue weighted by atomic mass is 16.5. The second-order valence-corrected chi connectivity index (χ2v) is 8.65. The Bertz CT molecular complexity index is 667. The maximum atomic E-state index is 12.0.